The molecule has 2 heterocycles. The maximum absolute atomic E-state index is 12.9. The second-order valence-corrected chi connectivity index (χ2v) is 6.02. The fourth-order valence-electron chi connectivity index (χ4n) is 2.85. The van der Waals surface area contributed by atoms with Crippen molar-refractivity contribution in [2.45, 2.75) is 32.4 Å². The molecule has 4 heteroatoms. The van der Waals surface area contributed by atoms with Crippen LogP contribution in [0.2, 0.25) is 0 Å². The fraction of sp³-hybridized carbons (Fsp3) is 0.278. The van der Waals surface area contributed by atoms with Crippen LogP contribution in [0.1, 0.15) is 34.7 Å². The molecule has 1 aliphatic carbocycles. The van der Waals surface area contributed by atoms with Gasteiger partial charge in [0.1, 0.15) is 11.5 Å². The van der Waals surface area contributed by atoms with E-state index in [0.29, 0.717) is 18.3 Å². The highest BCUT2D eigenvalue weighted by Gasteiger charge is 2.34. The van der Waals surface area contributed by atoms with Crippen LogP contribution >= 0.6 is 0 Å². The molecule has 4 rings (SSSR count). The van der Waals surface area contributed by atoms with E-state index in [9.17, 15) is 4.79 Å². The Morgan fingerprint density at radius 2 is 2.18 bits per heavy atom. The van der Waals surface area contributed by atoms with Crippen LogP contribution in [0.25, 0.3) is 10.9 Å². The SMILES string of the molecule is Cc1ccc2[nH]c(C(=O)N(Cc3ccco3)C3CC3)cc2c1. The molecule has 1 saturated carbocycles. The summed E-state index contributed by atoms with van der Waals surface area (Å²) in [6, 6.07) is 12.2. The first-order valence-electron chi connectivity index (χ1n) is 7.63. The number of aryl methyl sites for hydroxylation is 1. The molecule has 1 aliphatic rings. The van der Waals surface area contributed by atoms with Gasteiger partial charge >= 0.3 is 0 Å². The van der Waals surface area contributed by atoms with E-state index in [0.717, 1.165) is 29.5 Å². The smallest absolute Gasteiger partial charge is 0.270 e. The molecule has 1 amide bonds. The lowest BCUT2D eigenvalue weighted by atomic mass is 10.2. The van der Waals surface area contributed by atoms with E-state index in [2.05, 4.69) is 24.0 Å². The Labute approximate surface area is 128 Å². The average molecular weight is 294 g/mol. The number of nitrogens with one attached hydrogen (secondary N) is 1. The molecule has 0 bridgehead atoms. The summed E-state index contributed by atoms with van der Waals surface area (Å²) < 4.78 is 5.40. The first-order chi connectivity index (χ1) is 10.7. The Kier molecular flexibility index (Phi) is 3.03. The van der Waals surface area contributed by atoms with Crippen molar-refractivity contribution in [3.63, 3.8) is 0 Å². The molecule has 22 heavy (non-hydrogen) atoms. The summed E-state index contributed by atoms with van der Waals surface area (Å²) in [7, 11) is 0. The summed E-state index contributed by atoms with van der Waals surface area (Å²) in [5.74, 6) is 0.875. The Hall–Kier alpha value is -2.49. The van der Waals surface area contributed by atoms with Crippen molar-refractivity contribution >= 4 is 16.8 Å². The molecule has 3 aromatic rings. The molecule has 0 saturated heterocycles. The van der Waals surface area contributed by atoms with E-state index in [-0.39, 0.29) is 5.91 Å². The first kappa shape index (κ1) is 13.2. The van der Waals surface area contributed by atoms with Gasteiger partial charge < -0.3 is 14.3 Å². The number of carbonyl (C=O) groups excluding carboxylic acids is 1. The zero-order chi connectivity index (χ0) is 15.1. The predicted molar refractivity (Wildman–Crippen MR) is 84.6 cm³/mol. The van der Waals surface area contributed by atoms with E-state index in [1.165, 1.54) is 5.56 Å². The minimum absolute atomic E-state index is 0.0488. The number of rotatable bonds is 4. The van der Waals surface area contributed by atoms with Crippen LogP contribution in [0.15, 0.2) is 47.1 Å². The summed E-state index contributed by atoms with van der Waals surface area (Å²) in [6.45, 7) is 2.59. The van der Waals surface area contributed by atoms with E-state index < -0.39 is 0 Å². The van der Waals surface area contributed by atoms with Crippen LogP contribution in [0, 0.1) is 6.92 Å². The number of fused-ring (bicyclic) bond motifs is 1. The van der Waals surface area contributed by atoms with Crippen molar-refractivity contribution < 1.29 is 9.21 Å². The molecule has 1 aromatic carbocycles. The maximum atomic E-state index is 12.9. The van der Waals surface area contributed by atoms with Gasteiger partial charge in [0.25, 0.3) is 5.91 Å². The molecule has 0 aliphatic heterocycles. The van der Waals surface area contributed by atoms with E-state index in [4.69, 9.17) is 4.42 Å². The standard InChI is InChI=1S/C18H18N2O2/c1-12-4-7-16-13(9-12)10-17(19-16)18(21)20(14-5-6-14)11-15-3-2-8-22-15/h2-4,7-10,14,19H,5-6,11H2,1H3. The largest absolute Gasteiger partial charge is 0.467 e. The Bertz CT molecular complexity index is 813. The van der Waals surface area contributed by atoms with Gasteiger partial charge in [0.05, 0.1) is 12.8 Å². The zero-order valence-electron chi connectivity index (χ0n) is 12.5. The van der Waals surface area contributed by atoms with Gasteiger partial charge in [-0.15, -0.1) is 0 Å². The quantitative estimate of drug-likeness (QED) is 0.794. The molecule has 1 fully saturated rings. The third-order valence-electron chi connectivity index (χ3n) is 4.16. The summed E-state index contributed by atoms with van der Waals surface area (Å²) in [5.41, 5.74) is 2.85. The molecule has 1 N–H and O–H groups in total. The molecular weight excluding hydrogens is 276 g/mol. The maximum Gasteiger partial charge on any atom is 0.270 e. The number of nitrogens with zero attached hydrogens (tertiary/aromatic N) is 1. The van der Waals surface area contributed by atoms with Crippen molar-refractivity contribution in [2.75, 3.05) is 0 Å². The Morgan fingerprint density at radius 3 is 2.91 bits per heavy atom. The third kappa shape index (κ3) is 2.41. The number of H-pyrrole nitrogens is 1. The van der Waals surface area contributed by atoms with Crippen molar-refractivity contribution in [1.29, 1.82) is 0 Å². The highest BCUT2D eigenvalue weighted by Crippen LogP contribution is 2.30. The zero-order valence-corrected chi connectivity index (χ0v) is 12.5. The van der Waals surface area contributed by atoms with Gasteiger partial charge in [-0.05, 0) is 50.1 Å². The lowest BCUT2D eigenvalue weighted by Crippen LogP contribution is -2.32. The van der Waals surface area contributed by atoms with E-state index in [1.807, 2.05) is 29.2 Å². The summed E-state index contributed by atoms with van der Waals surface area (Å²) in [6.07, 6.45) is 3.80. The molecule has 0 unspecified atom stereocenters. The first-order valence-corrected chi connectivity index (χ1v) is 7.63. The van der Waals surface area contributed by atoms with Gasteiger partial charge in [-0.25, -0.2) is 0 Å². The van der Waals surface area contributed by atoms with Crippen LogP contribution in [0.5, 0.6) is 0 Å². The van der Waals surface area contributed by atoms with Crippen molar-refractivity contribution in [3.05, 3.63) is 59.7 Å². The molecular formula is C18H18N2O2. The molecule has 2 aromatic heterocycles. The Balaban J connectivity index is 1.64. The molecule has 0 spiro atoms. The number of amides is 1. The minimum Gasteiger partial charge on any atom is -0.467 e. The van der Waals surface area contributed by atoms with Gasteiger partial charge in [-0.2, -0.15) is 0 Å². The van der Waals surface area contributed by atoms with Gasteiger partial charge in [0, 0.05) is 16.9 Å². The van der Waals surface area contributed by atoms with Crippen LogP contribution in [-0.4, -0.2) is 21.8 Å². The summed E-state index contributed by atoms with van der Waals surface area (Å²) in [4.78, 5) is 18.0. The predicted octanol–water partition coefficient (Wildman–Crippen LogP) is 3.87. The molecule has 0 radical (unpaired) electrons. The highest BCUT2D eigenvalue weighted by atomic mass is 16.3. The summed E-state index contributed by atoms with van der Waals surface area (Å²) >= 11 is 0. The molecule has 112 valence electrons. The second-order valence-electron chi connectivity index (χ2n) is 6.02. The number of hydrogen-bond donors (Lipinski definition) is 1. The van der Waals surface area contributed by atoms with Crippen molar-refractivity contribution in [1.82, 2.24) is 9.88 Å². The number of aromatic amines is 1. The third-order valence-corrected chi connectivity index (χ3v) is 4.16. The molecule has 0 atom stereocenters. The van der Waals surface area contributed by atoms with Crippen LogP contribution < -0.4 is 0 Å². The number of hydrogen-bond acceptors (Lipinski definition) is 2. The highest BCUT2D eigenvalue weighted by molar-refractivity contribution is 5.98. The van der Waals surface area contributed by atoms with Gasteiger partial charge in [0.15, 0.2) is 0 Å². The average Bonchev–Trinajstić information content (AvgIpc) is 3.06. The Morgan fingerprint density at radius 1 is 1.32 bits per heavy atom. The second kappa shape index (κ2) is 5.05. The van der Waals surface area contributed by atoms with Crippen molar-refractivity contribution in [2.24, 2.45) is 0 Å². The monoisotopic (exact) mass is 294 g/mol. The topological polar surface area (TPSA) is 49.2 Å². The van der Waals surface area contributed by atoms with Gasteiger partial charge in [-0.3, -0.25) is 4.79 Å². The lowest BCUT2D eigenvalue weighted by molar-refractivity contribution is 0.0712. The fourth-order valence-corrected chi connectivity index (χ4v) is 2.85. The van der Waals surface area contributed by atoms with Gasteiger partial charge in [-0.1, -0.05) is 11.6 Å². The number of aromatic nitrogens is 1. The van der Waals surface area contributed by atoms with E-state index in [1.54, 1.807) is 6.26 Å². The normalized spacial score (nSPS) is 14.4. The number of furan rings is 1. The van der Waals surface area contributed by atoms with E-state index >= 15 is 0 Å². The van der Waals surface area contributed by atoms with Crippen LogP contribution in [0.3, 0.4) is 0 Å². The minimum atomic E-state index is 0.0488. The molecule has 4 nitrogen and oxygen atoms in total. The number of carbonyl (C=O) groups is 1. The van der Waals surface area contributed by atoms with Gasteiger partial charge in [0.2, 0.25) is 0 Å². The summed E-state index contributed by atoms with van der Waals surface area (Å²) in [5, 5.41) is 1.08. The van der Waals surface area contributed by atoms with Crippen LogP contribution in [-0.2, 0) is 6.54 Å². The van der Waals surface area contributed by atoms with Crippen molar-refractivity contribution in [3.8, 4) is 0 Å². The van der Waals surface area contributed by atoms with Crippen LogP contribution in [0.4, 0.5) is 0 Å². The number of benzene rings is 1. The lowest BCUT2D eigenvalue weighted by Gasteiger charge is -2.20.